The minimum atomic E-state index is -1.19. The van der Waals surface area contributed by atoms with Crippen molar-refractivity contribution in [2.45, 2.75) is 45.3 Å². The van der Waals surface area contributed by atoms with Crippen molar-refractivity contribution in [1.82, 2.24) is 10.6 Å². The maximum absolute atomic E-state index is 11.7. The first-order valence-electron chi connectivity index (χ1n) is 6.42. The molecule has 2 atom stereocenters. The van der Waals surface area contributed by atoms with Crippen LogP contribution in [0.3, 0.4) is 0 Å². The van der Waals surface area contributed by atoms with Crippen LogP contribution in [0.5, 0.6) is 0 Å². The van der Waals surface area contributed by atoms with E-state index >= 15 is 0 Å². The molecule has 2 unspecified atom stereocenters. The fraction of sp³-hybridized carbons (Fsp3) is 0.615. The molecule has 0 spiro atoms. The highest BCUT2D eigenvalue weighted by Crippen LogP contribution is 2.21. The van der Waals surface area contributed by atoms with Crippen molar-refractivity contribution in [3.8, 4) is 0 Å². The molecule has 7 heteroatoms. The summed E-state index contributed by atoms with van der Waals surface area (Å²) in [6.45, 7) is 2.67. The van der Waals surface area contributed by atoms with Crippen molar-refractivity contribution in [1.29, 1.82) is 0 Å². The molecule has 0 saturated heterocycles. The number of aliphatic carboxylic acids is 1. The third-order valence-electron chi connectivity index (χ3n) is 3.52. The molecule has 20 heavy (non-hydrogen) atoms. The zero-order chi connectivity index (χ0) is 15.3. The van der Waals surface area contributed by atoms with Crippen molar-refractivity contribution < 1.29 is 24.2 Å². The van der Waals surface area contributed by atoms with Gasteiger partial charge in [0, 0.05) is 18.3 Å². The number of rotatable bonds is 4. The molecule has 0 aromatic carbocycles. The number of hydrogen-bond acceptors (Lipinski definition) is 4. The molecule has 0 radical (unpaired) electrons. The van der Waals surface area contributed by atoms with Gasteiger partial charge in [0.05, 0.1) is 12.1 Å². The number of methoxy groups -OCH3 is 1. The Hall–Kier alpha value is -1.89. The van der Waals surface area contributed by atoms with Crippen LogP contribution in [0, 0.1) is 0 Å². The van der Waals surface area contributed by atoms with Crippen molar-refractivity contribution in [3.63, 3.8) is 0 Å². The minimum absolute atomic E-state index is 0.00219. The Kier molecular flexibility index (Phi) is 5.69. The molecule has 3 amide bonds. The van der Waals surface area contributed by atoms with E-state index in [9.17, 15) is 14.4 Å². The van der Waals surface area contributed by atoms with Crippen molar-refractivity contribution in [2.75, 3.05) is 7.11 Å². The lowest BCUT2D eigenvalue weighted by molar-refractivity contribution is -0.133. The number of amides is 3. The highest BCUT2D eigenvalue weighted by molar-refractivity contribution is 6.07. The first-order chi connectivity index (χ1) is 9.36. The fourth-order valence-electron chi connectivity index (χ4n) is 2.11. The highest BCUT2D eigenvalue weighted by Gasteiger charge is 2.28. The monoisotopic (exact) mass is 284 g/mol. The second-order valence-electron chi connectivity index (χ2n) is 4.79. The van der Waals surface area contributed by atoms with Gasteiger partial charge in [-0.1, -0.05) is 0 Å². The first-order valence-corrected chi connectivity index (χ1v) is 6.42. The standard InChI is InChI=1S/C13H20N2O5/c1-7(8(2)12(17)18)11(16)15-13(19)14-9-5-4-6-10(9)20-3/h9-10H,4-6H2,1-3H3,(H,17,18)(H2,14,15,16,19). The Bertz CT molecular complexity index is 444. The molecule has 0 heterocycles. The van der Waals surface area contributed by atoms with E-state index in [1.807, 2.05) is 0 Å². The lowest BCUT2D eigenvalue weighted by Crippen LogP contribution is -2.47. The van der Waals surface area contributed by atoms with Crippen molar-refractivity contribution in [3.05, 3.63) is 11.1 Å². The van der Waals surface area contributed by atoms with Crippen LogP contribution in [0.1, 0.15) is 33.1 Å². The molecule has 0 bridgehead atoms. The number of nitrogens with one attached hydrogen (secondary N) is 2. The zero-order valence-corrected chi connectivity index (χ0v) is 11.9. The summed E-state index contributed by atoms with van der Waals surface area (Å²) in [6.07, 6.45) is 2.57. The third-order valence-corrected chi connectivity index (χ3v) is 3.52. The van der Waals surface area contributed by atoms with E-state index in [0.717, 1.165) is 19.3 Å². The maximum Gasteiger partial charge on any atom is 0.331 e. The van der Waals surface area contributed by atoms with E-state index in [1.165, 1.54) is 13.8 Å². The fourth-order valence-corrected chi connectivity index (χ4v) is 2.11. The van der Waals surface area contributed by atoms with E-state index in [-0.39, 0.29) is 23.3 Å². The summed E-state index contributed by atoms with van der Waals surface area (Å²) < 4.78 is 5.23. The molecule has 1 fully saturated rings. The molecular weight excluding hydrogens is 264 g/mol. The van der Waals surface area contributed by atoms with Crippen LogP contribution in [0.4, 0.5) is 4.79 Å². The number of hydrogen-bond donors (Lipinski definition) is 3. The van der Waals surface area contributed by atoms with Gasteiger partial charge in [-0.15, -0.1) is 0 Å². The summed E-state index contributed by atoms with van der Waals surface area (Å²) in [5.41, 5.74) is -0.0895. The Labute approximate surface area is 117 Å². The largest absolute Gasteiger partial charge is 0.478 e. The second kappa shape index (κ2) is 7.04. The van der Waals surface area contributed by atoms with Crippen LogP contribution in [0.15, 0.2) is 11.1 Å². The molecule has 0 aliphatic heterocycles. The van der Waals surface area contributed by atoms with Gasteiger partial charge < -0.3 is 15.2 Å². The Morgan fingerprint density at radius 3 is 2.35 bits per heavy atom. The lowest BCUT2D eigenvalue weighted by atomic mass is 10.1. The van der Waals surface area contributed by atoms with Gasteiger partial charge in [0.2, 0.25) is 0 Å². The predicted octanol–water partition coefficient (Wildman–Crippen LogP) is 0.801. The van der Waals surface area contributed by atoms with Gasteiger partial charge in [-0.2, -0.15) is 0 Å². The molecule has 7 nitrogen and oxygen atoms in total. The van der Waals surface area contributed by atoms with Gasteiger partial charge in [-0.3, -0.25) is 10.1 Å². The molecule has 0 aromatic rings. The number of urea groups is 1. The van der Waals surface area contributed by atoms with E-state index in [0.29, 0.717) is 0 Å². The maximum atomic E-state index is 11.7. The topological polar surface area (TPSA) is 105 Å². The van der Waals surface area contributed by atoms with E-state index in [1.54, 1.807) is 7.11 Å². The van der Waals surface area contributed by atoms with Gasteiger partial charge >= 0.3 is 12.0 Å². The molecule has 1 aliphatic carbocycles. The van der Waals surface area contributed by atoms with Crippen LogP contribution >= 0.6 is 0 Å². The Morgan fingerprint density at radius 2 is 1.80 bits per heavy atom. The van der Waals surface area contributed by atoms with E-state index in [2.05, 4.69) is 10.6 Å². The Balaban J connectivity index is 2.56. The molecule has 1 rings (SSSR count). The molecule has 3 N–H and O–H groups in total. The summed E-state index contributed by atoms with van der Waals surface area (Å²) >= 11 is 0. The van der Waals surface area contributed by atoms with E-state index < -0.39 is 17.9 Å². The predicted molar refractivity (Wildman–Crippen MR) is 71.1 cm³/mol. The number of carbonyl (C=O) groups excluding carboxylic acids is 2. The van der Waals surface area contributed by atoms with Crippen LogP contribution in [-0.4, -0.2) is 42.3 Å². The Morgan fingerprint density at radius 1 is 1.15 bits per heavy atom. The molecule has 0 aromatic heterocycles. The molecular formula is C13H20N2O5. The van der Waals surface area contributed by atoms with Gasteiger partial charge in [0.25, 0.3) is 5.91 Å². The number of imide groups is 1. The van der Waals surface area contributed by atoms with Gasteiger partial charge in [-0.05, 0) is 33.1 Å². The summed E-state index contributed by atoms with van der Waals surface area (Å²) in [7, 11) is 1.58. The minimum Gasteiger partial charge on any atom is -0.478 e. The van der Waals surface area contributed by atoms with Crippen LogP contribution < -0.4 is 10.6 Å². The third kappa shape index (κ3) is 4.06. The number of carboxylic acid groups (broad SMARTS) is 1. The van der Waals surface area contributed by atoms with Gasteiger partial charge in [-0.25, -0.2) is 9.59 Å². The van der Waals surface area contributed by atoms with Crippen LogP contribution in [0.2, 0.25) is 0 Å². The average Bonchev–Trinajstić information content (AvgIpc) is 2.83. The summed E-state index contributed by atoms with van der Waals surface area (Å²) in [5.74, 6) is -1.90. The van der Waals surface area contributed by atoms with Crippen LogP contribution in [-0.2, 0) is 14.3 Å². The second-order valence-corrected chi connectivity index (χ2v) is 4.79. The highest BCUT2D eigenvalue weighted by atomic mass is 16.5. The summed E-state index contributed by atoms with van der Waals surface area (Å²) in [5, 5.41) is 13.6. The van der Waals surface area contributed by atoms with Crippen LogP contribution in [0.25, 0.3) is 0 Å². The number of carboxylic acids is 1. The number of carbonyl (C=O) groups is 3. The molecule has 112 valence electrons. The van der Waals surface area contributed by atoms with Gasteiger partial charge in [0.1, 0.15) is 0 Å². The SMILES string of the molecule is COC1CCCC1NC(=O)NC(=O)C(C)=C(C)C(=O)O. The summed E-state index contributed by atoms with van der Waals surface area (Å²) in [4.78, 5) is 34.1. The molecule has 1 aliphatic rings. The molecule has 1 saturated carbocycles. The quantitative estimate of drug-likeness (QED) is 0.662. The smallest absolute Gasteiger partial charge is 0.331 e. The van der Waals surface area contributed by atoms with Gasteiger partial charge in [0.15, 0.2) is 0 Å². The zero-order valence-electron chi connectivity index (χ0n) is 11.9. The normalized spacial score (nSPS) is 22.9. The summed E-state index contributed by atoms with van der Waals surface area (Å²) in [6, 6.07) is -0.765. The first kappa shape index (κ1) is 16.2. The van der Waals surface area contributed by atoms with Crippen molar-refractivity contribution >= 4 is 17.9 Å². The lowest BCUT2D eigenvalue weighted by Gasteiger charge is -2.19. The van der Waals surface area contributed by atoms with Crippen molar-refractivity contribution in [2.24, 2.45) is 0 Å². The van der Waals surface area contributed by atoms with E-state index in [4.69, 9.17) is 9.84 Å². The number of ether oxygens (including phenoxy) is 1. The average molecular weight is 284 g/mol.